The maximum atomic E-state index is 5.70. The standard InChI is InChI=1S/C14H15N7/c15-14-18-13-12(17-7-9-21(13)19-14)20-8-3-5-11(20)10-4-1-2-6-16-10/h1-2,4,6-7,9,11H,3,5,8H2,(H2,15,19). The average molecular weight is 281 g/mol. The SMILES string of the molecule is Nc1nc2c(N3CCCC3c3ccccn3)nccn2n1. The normalized spacial score (nSPS) is 18.5. The van der Waals surface area contributed by atoms with Gasteiger partial charge in [-0.15, -0.1) is 5.10 Å². The Morgan fingerprint density at radius 2 is 2.14 bits per heavy atom. The van der Waals surface area contributed by atoms with E-state index in [4.69, 9.17) is 5.73 Å². The third-order valence-electron chi connectivity index (χ3n) is 3.81. The minimum absolute atomic E-state index is 0.225. The molecule has 0 aromatic carbocycles. The summed E-state index contributed by atoms with van der Waals surface area (Å²) in [5.41, 5.74) is 7.46. The summed E-state index contributed by atoms with van der Waals surface area (Å²) >= 11 is 0. The van der Waals surface area contributed by atoms with Crippen molar-refractivity contribution < 1.29 is 0 Å². The van der Waals surface area contributed by atoms with Gasteiger partial charge in [-0.3, -0.25) is 4.98 Å². The third-order valence-corrected chi connectivity index (χ3v) is 3.81. The maximum Gasteiger partial charge on any atom is 0.240 e. The van der Waals surface area contributed by atoms with Gasteiger partial charge in [0.2, 0.25) is 5.95 Å². The molecule has 2 N–H and O–H groups in total. The van der Waals surface area contributed by atoms with Gasteiger partial charge in [-0.2, -0.15) is 4.98 Å². The Hall–Kier alpha value is -2.70. The van der Waals surface area contributed by atoms with Crippen molar-refractivity contribution >= 4 is 17.4 Å². The zero-order chi connectivity index (χ0) is 14.2. The molecule has 1 saturated heterocycles. The van der Waals surface area contributed by atoms with Gasteiger partial charge in [-0.25, -0.2) is 9.50 Å². The Morgan fingerprint density at radius 3 is 3.00 bits per heavy atom. The van der Waals surface area contributed by atoms with Gasteiger partial charge < -0.3 is 10.6 Å². The fraction of sp³-hybridized carbons (Fsp3) is 0.286. The summed E-state index contributed by atoms with van der Waals surface area (Å²) in [6.45, 7) is 0.931. The van der Waals surface area contributed by atoms with Gasteiger partial charge in [-0.05, 0) is 25.0 Å². The molecule has 0 amide bonds. The number of hydrogen-bond acceptors (Lipinski definition) is 6. The predicted octanol–water partition coefficient (Wildman–Crippen LogP) is 1.44. The predicted molar refractivity (Wildman–Crippen MR) is 78.8 cm³/mol. The van der Waals surface area contributed by atoms with Crippen LogP contribution in [0.5, 0.6) is 0 Å². The number of nitrogen functional groups attached to an aromatic ring is 1. The molecule has 1 fully saturated rings. The second-order valence-electron chi connectivity index (χ2n) is 5.10. The Labute approximate surface area is 121 Å². The molecule has 1 aliphatic heterocycles. The lowest BCUT2D eigenvalue weighted by Crippen LogP contribution is -2.25. The van der Waals surface area contributed by atoms with E-state index in [2.05, 4.69) is 31.0 Å². The van der Waals surface area contributed by atoms with E-state index in [9.17, 15) is 0 Å². The Morgan fingerprint density at radius 1 is 1.19 bits per heavy atom. The number of nitrogens with zero attached hydrogens (tertiary/aromatic N) is 6. The summed E-state index contributed by atoms with van der Waals surface area (Å²) < 4.78 is 1.67. The number of nitrogens with two attached hydrogens (primary N) is 1. The van der Waals surface area contributed by atoms with Crippen LogP contribution in [0.3, 0.4) is 0 Å². The monoisotopic (exact) mass is 281 g/mol. The lowest BCUT2D eigenvalue weighted by Gasteiger charge is -2.25. The van der Waals surface area contributed by atoms with E-state index in [0.717, 1.165) is 30.9 Å². The quantitative estimate of drug-likeness (QED) is 0.765. The van der Waals surface area contributed by atoms with Crippen LogP contribution in [-0.2, 0) is 0 Å². The first-order valence-electron chi connectivity index (χ1n) is 6.97. The minimum atomic E-state index is 0.225. The lowest BCUT2D eigenvalue weighted by molar-refractivity contribution is 0.687. The molecule has 4 rings (SSSR count). The summed E-state index contributed by atoms with van der Waals surface area (Å²) in [7, 11) is 0. The van der Waals surface area contributed by atoms with Crippen molar-refractivity contribution in [1.29, 1.82) is 0 Å². The molecule has 0 bridgehead atoms. The largest absolute Gasteiger partial charge is 0.366 e. The molecule has 1 aliphatic rings. The molecular formula is C14H15N7. The van der Waals surface area contributed by atoms with Crippen LogP contribution in [0.15, 0.2) is 36.8 Å². The number of anilines is 2. The van der Waals surface area contributed by atoms with Crippen LogP contribution in [-0.4, -0.2) is 31.1 Å². The van der Waals surface area contributed by atoms with Gasteiger partial charge in [0, 0.05) is 25.1 Å². The van der Waals surface area contributed by atoms with Gasteiger partial charge in [0.05, 0.1) is 11.7 Å². The second kappa shape index (κ2) is 4.69. The molecule has 106 valence electrons. The highest BCUT2D eigenvalue weighted by Crippen LogP contribution is 2.35. The van der Waals surface area contributed by atoms with E-state index in [-0.39, 0.29) is 12.0 Å². The number of fused-ring (bicyclic) bond motifs is 1. The first-order valence-corrected chi connectivity index (χ1v) is 6.97. The average Bonchev–Trinajstić information content (AvgIpc) is 3.12. The van der Waals surface area contributed by atoms with E-state index < -0.39 is 0 Å². The molecule has 0 aliphatic carbocycles. The number of aromatic nitrogens is 5. The van der Waals surface area contributed by atoms with Crippen molar-refractivity contribution in [1.82, 2.24) is 24.6 Å². The van der Waals surface area contributed by atoms with Crippen molar-refractivity contribution in [2.45, 2.75) is 18.9 Å². The van der Waals surface area contributed by atoms with Crippen molar-refractivity contribution in [3.63, 3.8) is 0 Å². The smallest absolute Gasteiger partial charge is 0.240 e. The van der Waals surface area contributed by atoms with Crippen LogP contribution in [0.25, 0.3) is 5.65 Å². The lowest BCUT2D eigenvalue weighted by atomic mass is 10.1. The zero-order valence-corrected chi connectivity index (χ0v) is 11.4. The number of hydrogen-bond donors (Lipinski definition) is 1. The van der Waals surface area contributed by atoms with Crippen LogP contribution in [0.2, 0.25) is 0 Å². The van der Waals surface area contributed by atoms with Gasteiger partial charge in [0.1, 0.15) is 0 Å². The Bertz CT molecular complexity index is 767. The van der Waals surface area contributed by atoms with E-state index in [1.54, 1.807) is 16.9 Å². The molecule has 7 nitrogen and oxygen atoms in total. The van der Waals surface area contributed by atoms with Crippen molar-refractivity contribution in [3.05, 3.63) is 42.5 Å². The summed E-state index contributed by atoms with van der Waals surface area (Å²) in [5.74, 6) is 1.08. The molecule has 3 aromatic rings. The Balaban J connectivity index is 1.80. The second-order valence-corrected chi connectivity index (χ2v) is 5.10. The third kappa shape index (κ3) is 1.97. The fourth-order valence-corrected chi connectivity index (χ4v) is 2.92. The van der Waals surface area contributed by atoms with Gasteiger partial charge in [-0.1, -0.05) is 6.07 Å². The molecule has 1 atom stereocenters. The van der Waals surface area contributed by atoms with Crippen molar-refractivity contribution in [3.8, 4) is 0 Å². The Kier molecular flexibility index (Phi) is 2.70. The number of pyridine rings is 1. The molecule has 0 radical (unpaired) electrons. The highest BCUT2D eigenvalue weighted by molar-refractivity contribution is 5.66. The van der Waals surface area contributed by atoms with Crippen LogP contribution in [0.4, 0.5) is 11.8 Å². The van der Waals surface area contributed by atoms with Crippen LogP contribution < -0.4 is 10.6 Å². The van der Waals surface area contributed by atoms with Crippen LogP contribution >= 0.6 is 0 Å². The van der Waals surface area contributed by atoms with Crippen LogP contribution in [0.1, 0.15) is 24.6 Å². The van der Waals surface area contributed by atoms with Gasteiger partial charge in [0.25, 0.3) is 0 Å². The highest BCUT2D eigenvalue weighted by atomic mass is 15.4. The molecule has 0 saturated carbocycles. The maximum absolute atomic E-state index is 5.70. The van der Waals surface area contributed by atoms with Crippen LogP contribution in [0, 0.1) is 0 Å². The molecule has 21 heavy (non-hydrogen) atoms. The van der Waals surface area contributed by atoms with E-state index >= 15 is 0 Å². The molecule has 1 unspecified atom stereocenters. The van der Waals surface area contributed by atoms with E-state index in [0.29, 0.717) is 5.65 Å². The summed E-state index contributed by atoms with van der Waals surface area (Å²) in [6.07, 6.45) is 7.48. The highest BCUT2D eigenvalue weighted by Gasteiger charge is 2.30. The summed E-state index contributed by atoms with van der Waals surface area (Å²) in [4.78, 5) is 15.5. The van der Waals surface area contributed by atoms with E-state index in [1.165, 1.54) is 0 Å². The van der Waals surface area contributed by atoms with Gasteiger partial charge in [0.15, 0.2) is 11.5 Å². The number of rotatable bonds is 2. The molecule has 0 spiro atoms. The van der Waals surface area contributed by atoms with Crippen molar-refractivity contribution in [2.24, 2.45) is 0 Å². The molecular weight excluding hydrogens is 266 g/mol. The molecule has 3 aromatic heterocycles. The van der Waals surface area contributed by atoms with E-state index in [1.807, 2.05) is 18.3 Å². The molecule has 4 heterocycles. The van der Waals surface area contributed by atoms with Crippen molar-refractivity contribution in [2.75, 3.05) is 17.2 Å². The first kappa shape index (κ1) is 12.1. The summed E-state index contributed by atoms with van der Waals surface area (Å²) in [5, 5.41) is 4.14. The summed E-state index contributed by atoms with van der Waals surface area (Å²) in [6, 6.07) is 6.23. The topological polar surface area (TPSA) is 85.2 Å². The molecule has 7 heteroatoms. The zero-order valence-electron chi connectivity index (χ0n) is 11.4. The van der Waals surface area contributed by atoms with Gasteiger partial charge >= 0.3 is 0 Å². The first-order chi connectivity index (χ1) is 10.3. The fourth-order valence-electron chi connectivity index (χ4n) is 2.92. The minimum Gasteiger partial charge on any atom is -0.366 e.